The van der Waals surface area contributed by atoms with Gasteiger partial charge in [-0.15, -0.1) is 0 Å². The van der Waals surface area contributed by atoms with Crippen molar-refractivity contribution in [3.05, 3.63) is 18.2 Å². The van der Waals surface area contributed by atoms with E-state index in [1.54, 1.807) is 23.1 Å². The number of benzene rings is 1. The normalized spacial score (nSPS) is 20.4. The van der Waals surface area contributed by atoms with Gasteiger partial charge < -0.3 is 24.8 Å². The average Bonchev–Trinajstić information content (AvgIpc) is 2.55. The molecule has 1 aromatic rings. The van der Waals surface area contributed by atoms with Gasteiger partial charge in [-0.05, 0) is 25.0 Å². The monoisotopic (exact) mass is 306 g/mol. The Hall–Kier alpha value is -2.44. The summed E-state index contributed by atoms with van der Waals surface area (Å²) in [5.74, 6) is -0.0733. The van der Waals surface area contributed by atoms with E-state index in [0.717, 1.165) is 0 Å². The third-order valence-electron chi connectivity index (χ3n) is 3.85. The lowest BCUT2D eigenvalue weighted by Crippen LogP contribution is -2.44. The highest BCUT2D eigenvalue weighted by Gasteiger charge is 2.28. The third kappa shape index (κ3) is 3.08. The van der Waals surface area contributed by atoms with E-state index >= 15 is 0 Å². The molecular weight excluding hydrogens is 288 g/mol. The Labute approximate surface area is 127 Å². The quantitative estimate of drug-likeness (QED) is 0.869. The molecule has 2 aliphatic rings. The van der Waals surface area contributed by atoms with Gasteiger partial charge in [0.25, 0.3) is 0 Å². The number of nitrogens with zero attached hydrogens (tertiary/aromatic N) is 1. The van der Waals surface area contributed by atoms with Crippen molar-refractivity contribution in [2.75, 3.05) is 31.6 Å². The lowest BCUT2D eigenvalue weighted by Gasteiger charge is -2.30. The SMILES string of the molecule is O=C(O)C1CCCN(C(=O)Nc2ccc3c(c2)OCCO3)C1. The lowest BCUT2D eigenvalue weighted by molar-refractivity contribution is -0.143. The van der Waals surface area contributed by atoms with Gasteiger partial charge in [-0.25, -0.2) is 4.79 Å². The van der Waals surface area contributed by atoms with Gasteiger partial charge in [0.1, 0.15) is 13.2 Å². The number of piperidine rings is 1. The first-order valence-corrected chi connectivity index (χ1v) is 7.32. The minimum Gasteiger partial charge on any atom is -0.486 e. The second-order valence-corrected chi connectivity index (χ2v) is 5.41. The highest BCUT2D eigenvalue weighted by atomic mass is 16.6. The van der Waals surface area contributed by atoms with Gasteiger partial charge >= 0.3 is 12.0 Å². The van der Waals surface area contributed by atoms with Gasteiger partial charge in [-0.3, -0.25) is 4.79 Å². The fraction of sp³-hybridized carbons (Fsp3) is 0.467. The Morgan fingerprint density at radius 3 is 2.77 bits per heavy atom. The molecular formula is C15H18N2O5. The van der Waals surface area contributed by atoms with Gasteiger partial charge in [0.2, 0.25) is 0 Å². The summed E-state index contributed by atoms with van der Waals surface area (Å²) in [5.41, 5.74) is 0.603. The number of carboxylic acids is 1. The summed E-state index contributed by atoms with van der Waals surface area (Å²) in [6.07, 6.45) is 1.31. The summed E-state index contributed by atoms with van der Waals surface area (Å²) < 4.78 is 10.9. The number of hydrogen-bond donors (Lipinski definition) is 2. The fourth-order valence-corrected chi connectivity index (χ4v) is 2.69. The van der Waals surface area contributed by atoms with E-state index in [9.17, 15) is 9.59 Å². The molecule has 0 saturated carbocycles. The maximum atomic E-state index is 12.3. The van der Waals surface area contributed by atoms with Crippen LogP contribution in [0.3, 0.4) is 0 Å². The molecule has 0 aliphatic carbocycles. The Bertz CT molecular complexity index is 589. The summed E-state index contributed by atoms with van der Waals surface area (Å²) in [6.45, 7) is 1.81. The molecule has 1 aromatic carbocycles. The predicted octanol–water partition coefficient (Wildman–Crippen LogP) is 1.79. The molecule has 0 spiro atoms. The molecule has 2 N–H and O–H groups in total. The van der Waals surface area contributed by atoms with Crippen LogP contribution >= 0.6 is 0 Å². The summed E-state index contributed by atoms with van der Waals surface area (Å²) in [4.78, 5) is 24.8. The van der Waals surface area contributed by atoms with Crippen LogP contribution in [0, 0.1) is 5.92 Å². The van der Waals surface area contributed by atoms with Crippen molar-refractivity contribution in [2.24, 2.45) is 5.92 Å². The third-order valence-corrected chi connectivity index (χ3v) is 3.85. The molecule has 2 amide bonds. The van der Waals surface area contributed by atoms with E-state index in [1.807, 2.05) is 0 Å². The summed E-state index contributed by atoms with van der Waals surface area (Å²) >= 11 is 0. The molecule has 0 radical (unpaired) electrons. The molecule has 0 bridgehead atoms. The van der Waals surface area contributed by atoms with E-state index in [1.165, 1.54) is 0 Å². The number of anilines is 1. The second-order valence-electron chi connectivity index (χ2n) is 5.41. The Morgan fingerprint density at radius 2 is 2.00 bits per heavy atom. The van der Waals surface area contributed by atoms with Gasteiger partial charge in [-0.1, -0.05) is 0 Å². The first-order chi connectivity index (χ1) is 10.6. The number of nitrogens with one attached hydrogen (secondary N) is 1. The molecule has 7 nitrogen and oxygen atoms in total. The van der Waals surface area contributed by atoms with Gasteiger partial charge in [0.05, 0.1) is 5.92 Å². The van der Waals surface area contributed by atoms with Crippen LogP contribution in [0.15, 0.2) is 18.2 Å². The maximum Gasteiger partial charge on any atom is 0.321 e. The number of aliphatic carboxylic acids is 1. The smallest absolute Gasteiger partial charge is 0.321 e. The molecule has 118 valence electrons. The van der Waals surface area contributed by atoms with Crippen LogP contribution in [0.5, 0.6) is 11.5 Å². The topological polar surface area (TPSA) is 88.1 Å². The minimum atomic E-state index is -0.850. The number of carbonyl (C=O) groups excluding carboxylic acids is 1. The first kappa shape index (κ1) is 14.5. The highest BCUT2D eigenvalue weighted by Crippen LogP contribution is 2.32. The molecule has 0 aromatic heterocycles. The van der Waals surface area contributed by atoms with Gasteiger partial charge in [0.15, 0.2) is 11.5 Å². The number of carbonyl (C=O) groups is 2. The molecule has 22 heavy (non-hydrogen) atoms. The van der Waals surface area contributed by atoms with E-state index in [4.69, 9.17) is 14.6 Å². The van der Waals surface area contributed by atoms with Crippen molar-refractivity contribution < 1.29 is 24.2 Å². The van der Waals surface area contributed by atoms with Crippen LogP contribution in [0.4, 0.5) is 10.5 Å². The lowest BCUT2D eigenvalue weighted by atomic mass is 9.99. The van der Waals surface area contributed by atoms with Crippen LogP contribution < -0.4 is 14.8 Å². The predicted molar refractivity (Wildman–Crippen MR) is 78.4 cm³/mol. The van der Waals surface area contributed by atoms with E-state index in [-0.39, 0.29) is 12.6 Å². The van der Waals surface area contributed by atoms with Crippen LogP contribution in [-0.2, 0) is 4.79 Å². The zero-order chi connectivity index (χ0) is 15.5. The number of ether oxygens (including phenoxy) is 2. The Kier molecular flexibility index (Phi) is 4.04. The largest absolute Gasteiger partial charge is 0.486 e. The molecule has 3 rings (SSSR count). The molecule has 2 aliphatic heterocycles. The number of hydrogen-bond acceptors (Lipinski definition) is 4. The number of likely N-dealkylation sites (tertiary alicyclic amines) is 1. The van der Waals surface area contributed by atoms with E-state index in [2.05, 4.69) is 5.32 Å². The van der Waals surface area contributed by atoms with Gasteiger partial charge in [-0.2, -0.15) is 0 Å². The summed E-state index contributed by atoms with van der Waals surface area (Å²) in [7, 11) is 0. The van der Waals surface area contributed by atoms with Crippen molar-refractivity contribution in [2.45, 2.75) is 12.8 Å². The molecule has 1 atom stereocenters. The standard InChI is InChI=1S/C15H18N2O5/c18-14(19)10-2-1-5-17(9-10)15(20)16-11-3-4-12-13(8-11)22-7-6-21-12/h3-4,8,10H,1-2,5-7,9H2,(H,16,20)(H,18,19). The van der Waals surface area contributed by atoms with Crippen molar-refractivity contribution in [3.8, 4) is 11.5 Å². The van der Waals surface area contributed by atoms with Crippen LogP contribution in [0.25, 0.3) is 0 Å². The second kappa shape index (κ2) is 6.13. The number of carboxylic acid groups (broad SMARTS) is 1. The molecule has 1 unspecified atom stereocenters. The van der Waals surface area contributed by atoms with Crippen LogP contribution in [-0.4, -0.2) is 48.3 Å². The number of amides is 2. The zero-order valence-electron chi connectivity index (χ0n) is 12.1. The average molecular weight is 306 g/mol. The molecule has 7 heteroatoms. The maximum absolute atomic E-state index is 12.3. The highest BCUT2D eigenvalue weighted by molar-refractivity contribution is 5.90. The molecule has 1 fully saturated rings. The number of urea groups is 1. The van der Waals surface area contributed by atoms with Gasteiger partial charge in [0, 0.05) is 24.8 Å². The van der Waals surface area contributed by atoms with Crippen LogP contribution in [0.2, 0.25) is 0 Å². The van der Waals surface area contributed by atoms with E-state index in [0.29, 0.717) is 49.8 Å². The number of fused-ring (bicyclic) bond motifs is 1. The molecule has 1 saturated heterocycles. The first-order valence-electron chi connectivity index (χ1n) is 7.32. The minimum absolute atomic E-state index is 0.242. The fourth-order valence-electron chi connectivity index (χ4n) is 2.69. The summed E-state index contributed by atoms with van der Waals surface area (Å²) in [5, 5.41) is 11.9. The van der Waals surface area contributed by atoms with Crippen molar-refractivity contribution >= 4 is 17.7 Å². The van der Waals surface area contributed by atoms with Crippen molar-refractivity contribution in [1.29, 1.82) is 0 Å². The van der Waals surface area contributed by atoms with Crippen molar-refractivity contribution in [1.82, 2.24) is 4.90 Å². The van der Waals surface area contributed by atoms with Crippen LogP contribution in [0.1, 0.15) is 12.8 Å². The Balaban J connectivity index is 1.65. The number of rotatable bonds is 2. The molecule has 2 heterocycles. The Morgan fingerprint density at radius 1 is 1.23 bits per heavy atom. The van der Waals surface area contributed by atoms with Crippen molar-refractivity contribution in [3.63, 3.8) is 0 Å². The van der Waals surface area contributed by atoms with E-state index < -0.39 is 11.9 Å². The zero-order valence-corrected chi connectivity index (χ0v) is 12.1. The summed E-state index contributed by atoms with van der Waals surface area (Å²) in [6, 6.07) is 4.91.